The molecule has 0 bridgehead atoms. The summed E-state index contributed by atoms with van der Waals surface area (Å²) in [5.74, 6) is 0.218. The number of carbonyl (C=O) groups is 1. The first-order valence-electron chi connectivity index (χ1n) is 10.2. The molecule has 0 radical (unpaired) electrons. The number of nitrogens with zero attached hydrogens (tertiary/aromatic N) is 3. The maximum atomic E-state index is 12.0. The number of rotatable bonds is 7. The van der Waals surface area contributed by atoms with Gasteiger partial charge in [0.15, 0.2) is 6.61 Å². The summed E-state index contributed by atoms with van der Waals surface area (Å²) in [6.07, 6.45) is 1.35. The summed E-state index contributed by atoms with van der Waals surface area (Å²) < 4.78 is 5.48. The molecule has 0 saturated heterocycles. The molecule has 1 amide bonds. The van der Waals surface area contributed by atoms with E-state index in [-0.39, 0.29) is 12.4 Å². The summed E-state index contributed by atoms with van der Waals surface area (Å²) in [4.78, 5) is 12.0. The van der Waals surface area contributed by atoms with Crippen molar-refractivity contribution in [3.63, 3.8) is 0 Å². The zero-order valence-corrected chi connectivity index (χ0v) is 18.6. The summed E-state index contributed by atoms with van der Waals surface area (Å²) >= 11 is 0. The minimum absolute atomic E-state index is 0.0134. The normalized spacial score (nSPS) is 11.2. The lowest BCUT2D eigenvalue weighted by atomic mass is 10.1. The molecule has 0 spiro atoms. The van der Waals surface area contributed by atoms with Gasteiger partial charge in [-0.2, -0.15) is 15.3 Å². The van der Waals surface area contributed by atoms with E-state index in [4.69, 9.17) is 4.74 Å². The SMILES string of the molecule is Cc1ccc(N=Nc2ccc(O)c(/C=N\NC(=O)COc3ccc(C)c(C)c3)c2)cc1C. The van der Waals surface area contributed by atoms with E-state index in [9.17, 15) is 9.90 Å². The first kappa shape index (κ1) is 22.7. The highest BCUT2D eigenvalue weighted by molar-refractivity contribution is 5.86. The van der Waals surface area contributed by atoms with Gasteiger partial charge in [0.05, 0.1) is 17.6 Å². The van der Waals surface area contributed by atoms with Crippen molar-refractivity contribution in [1.82, 2.24) is 5.43 Å². The van der Waals surface area contributed by atoms with Gasteiger partial charge in [0.2, 0.25) is 0 Å². The average Bonchev–Trinajstić information content (AvgIpc) is 2.77. The fourth-order valence-corrected chi connectivity index (χ4v) is 2.77. The minimum atomic E-state index is -0.412. The molecular formula is C25H26N4O3. The summed E-state index contributed by atoms with van der Waals surface area (Å²) in [5.41, 5.74) is 8.64. The molecule has 0 aliphatic heterocycles. The van der Waals surface area contributed by atoms with Crippen LogP contribution in [0, 0.1) is 27.7 Å². The second-order valence-electron chi connectivity index (χ2n) is 7.54. The van der Waals surface area contributed by atoms with Crippen LogP contribution in [0.4, 0.5) is 11.4 Å². The van der Waals surface area contributed by atoms with E-state index < -0.39 is 5.91 Å². The number of benzene rings is 3. The van der Waals surface area contributed by atoms with Gasteiger partial charge in [-0.05, 0) is 92.4 Å². The van der Waals surface area contributed by atoms with E-state index >= 15 is 0 Å². The number of hydrogen-bond acceptors (Lipinski definition) is 6. The molecule has 3 aromatic carbocycles. The molecule has 0 aromatic heterocycles. The van der Waals surface area contributed by atoms with E-state index in [2.05, 4.69) is 20.8 Å². The summed E-state index contributed by atoms with van der Waals surface area (Å²) in [7, 11) is 0. The molecule has 0 aliphatic carbocycles. The van der Waals surface area contributed by atoms with Crippen LogP contribution in [0.15, 0.2) is 69.9 Å². The second-order valence-corrected chi connectivity index (χ2v) is 7.54. The van der Waals surface area contributed by atoms with E-state index in [1.165, 1.54) is 17.8 Å². The zero-order chi connectivity index (χ0) is 23.1. The van der Waals surface area contributed by atoms with Crippen molar-refractivity contribution in [2.75, 3.05) is 6.61 Å². The fourth-order valence-electron chi connectivity index (χ4n) is 2.77. The fraction of sp³-hybridized carbons (Fsp3) is 0.200. The molecule has 2 N–H and O–H groups in total. The van der Waals surface area contributed by atoms with Gasteiger partial charge in [-0.1, -0.05) is 12.1 Å². The highest BCUT2D eigenvalue weighted by Gasteiger charge is 2.04. The van der Waals surface area contributed by atoms with Gasteiger partial charge in [0.25, 0.3) is 5.91 Å². The summed E-state index contributed by atoms with van der Waals surface area (Å²) in [6.45, 7) is 7.88. The lowest BCUT2D eigenvalue weighted by Crippen LogP contribution is -2.24. The largest absolute Gasteiger partial charge is 0.507 e. The van der Waals surface area contributed by atoms with Crippen LogP contribution in [0.1, 0.15) is 27.8 Å². The van der Waals surface area contributed by atoms with Gasteiger partial charge in [-0.15, -0.1) is 0 Å². The first-order valence-corrected chi connectivity index (χ1v) is 10.2. The number of hydrazone groups is 1. The lowest BCUT2D eigenvalue weighted by molar-refractivity contribution is -0.123. The van der Waals surface area contributed by atoms with Crippen molar-refractivity contribution in [2.45, 2.75) is 27.7 Å². The van der Waals surface area contributed by atoms with Crippen LogP contribution in [0.5, 0.6) is 11.5 Å². The number of aromatic hydroxyl groups is 1. The molecule has 0 fully saturated rings. The Morgan fingerprint density at radius 2 is 1.50 bits per heavy atom. The number of amides is 1. The second kappa shape index (κ2) is 10.3. The molecule has 3 aromatic rings. The molecule has 32 heavy (non-hydrogen) atoms. The Balaban J connectivity index is 1.58. The van der Waals surface area contributed by atoms with Crippen molar-refractivity contribution in [3.05, 3.63) is 82.4 Å². The van der Waals surface area contributed by atoms with E-state index in [0.717, 1.165) is 22.4 Å². The van der Waals surface area contributed by atoms with Crippen LogP contribution in [0.3, 0.4) is 0 Å². The van der Waals surface area contributed by atoms with Crippen molar-refractivity contribution in [3.8, 4) is 11.5 Å². The van der Waals surface area contributed by atoms with Gasteiger partial charge in [-0.25, -0.2) is 5.43 Å². The molecule has 0 heterocycles. The predicted molar refractivity (Wildman–Crippen MR) is 125 cm³/mol. The standard InChI is InChI=1S/C25H26N4O3/c1-16-5-7-21(11-18(16)3)27-28-22-8-10-24(30)20(13-22)14-26-29-25(31)15-32-23-9-6-17(2)19(4)12-23/h5-14,30H,15H2,1-4H3,(H,29,31)/b26-14-,28-27?. The van der Waals surface area contributed by atoms with E-state index in [1.807, 2.05) is 64.1 Å². The first-order chi connectivity index (χ1) is 15.3. The minimum Gasteiger partial charge on any atom is -0.507 e. The van der Waals surface area contributed by atoms with Gasteiger partial charge in [0.1, 0.15) is 11.5 Å². The monoisotopic (exact) mass is 430 g/mol. The smallest absolute Gasteiger partial charge is 0.277 e. The average molecular weight is 431 g/mol. The third-order valence-corrected chi connectivity index (χ3v) is 5.02. The zero-order valence-electron chi connectivity index (χ0n) is 18.6. The van der Waals surface area contributed by atoms with Crippen LogP contribution >= 0.6 is 0 Å². The topological polar surface area (TPSA) is 95.6 Å². The predicted octanol–water partition coefficient (Wildman–Crippen LogP) is 5.57. The van der Waals surface area contributed by atoms with Gasteiger partial charge >= 0.3 is 0 Å². The Kier molecular flexibility index (Phi) is 7.33. The number of phenolic OH excluding ortho intramolecular Hbond substituents is 1. The van der Waals surface area contributed by atoms with Crippen LogP contribution in [-0.4, -0.2) is 23.8 Å². The number of azo groups is 1. The third-order valence-electron chi connectivity index (χ3n) is 5.02. The van der Waals surface area contributed by atoms with Crippen LogP contribution in [-0.2, 0) is 4.79 Å². The molecule has 0 unspecified atom stereocenters. The molecule has 7 heteroatoms. The molecule has 164 valence electrons. The Hall–Kier alpha value is -4.00. The quantitative estimate of drug-likeness (QED) is 0.291. The van der Waals surface area contributed by atoms with Gasteiger partial charge in [-0.3, -0.25) is 4.79 Å². The van der Waals surface area contributed by atoms with Crippen molar-refractivity contribution in [1.29, 1.82) is 0 Å². The number of ether oxygens (including phenoxy) is 1. The maximum Gasteiger partial charge on any atom is 0.277 e. The van der Waals surface area contributed by atoms with Crippen LogP contribution in [0.25, 0.3) is 0 Å². The molecule has 7 nitrogen and oxygen atoms in total. The van der Waals surface area contributed by atoms with Crippen molar-refractivity contribution < 1.29 is 14.6 Å². The third kappa shape index (κ3) is 6.25. The number of phenols is 1. The van der Waals surface area contributed by atoms with Crippen molar-refractivity contribution >= 4 is 23.5 Å². The van der Waals surface area contributed by atoms with Gasteiger partial charge in [0, 0.05) is 5.56 Å². The number of aryl methyl sites for hydroxylation is 4. The molecular weight excluding hydrogens is 404 g/mol. The number of hydrogen-bond donors (Lipinski definition) is 2. The molecule has 0 atom stereocenters. The Morgan fingerprint density at radius 3 is 2.19 bits per heavy atom. The maximum absolute atomic E-state index is 12.0. The summed E-state index contributed by atoms with van der Waals surface area (Å²) in [5, 5.41) is 22.4. The van der Waals surface area contributed by atoms with E-state index in [1.54, 1.807) is 12.1 Å². The molecule has 0 saturated carbocycles. The van der Waals surface area contributed by atoms with Crippen LogP contribution < -0.4 is 10.2 Å². The Morgan fingerprint density at radius 1 is 0.875 bits per heavy atom. The van der Waals surface area contributed by atoms with E-state index in [0.29, 0.717) is 17.0 Å². The highest BCUT2D eigenvalue weighted by atomic mass is 16.5. The lowest BCUT2D eigenvalue weighted by Gasteiger charge is -2.07. The number of carbonyl (C=O) groups excluding carboxylic acids is 1. The Labute approximate surface area is 187 Å². The van der Waals surface area contributed by atoms with Gasteiger partial charge < -0.3 is 9.84 Å². The van der Waals surface area contributed by atoms with Crippen molar-refractivity contribution in [2.24, 2.45) is 15.3 Å². The highest BCUT2D eigenvalue weighted by Crippen LogP contribution is 2.25. The Bertz CT molecular complexity index is 1190. The molecule has 3 rings (SSSR count). The summed E-state index contributed by atoms with van der Waals surface area (Å²) in [6, 6.07) is 16.2. The molecule has 0 aliphatic rings. The van der Waals surface area contributed by atoms with Crippen LogP contribution in [0.2, 0.25) is 0 Å². The number of nitrogens with one attached hydrogen (secondary N) is 1.